The molecule has 0 bridgehead atoms. The summed E-state index contributed by atoms with van der Waals surface area (Å²) in [5.41, 5.74) is 0. The topological polar surface area (TPSA) is 53.9 Å². The molecule has 5 nitrogen and oxygen atoms in total. The Labute approximate surface area is 103 Å². The molecule has 17 heavy (non-hydrogen) atoms. The van der Waals surface area contributed by atoms with E-state index in [2.05, 4.69) is 39.2 Å². The van der Waals surface area contributed by atoms with E-state index in [4.69, 9.17) is 0 Å². The van der Waals surface area contributed by atoms with Gasteiger partial charge in [0, 0.05) is 19.6 Å². The van der Waals surface area contributed by atoms with Crippen LogP contribution < -0.4 is 10.2 Å². The van der Waals surface area contributed by atoms with Crippen LogP contribution in [0.5, 0.6) is 0 Å². The first-order valence-electron chi connectivity index (χ1n) is 6.44. The molecule has 1 aromatic heterocycles. The van der Waals surface area contributed by atoms with Crippen molar-refractivity contribution in [1.29, 1.82) is 0 Å². The van der Waals surface area contributed by atoms with Gasteiger partial charge in [0.25, 0.3) is 0 Å². The van der Waals surface area contributed by atoms with Crippen molar-refractivity contribution < 1.29 is 0 Å². The Bertz CT molecular complexity index is 347. The maximum Gasteiger partial charge on any atom is 0.247 e. The van der Waals surface area contributed by atoms with Gasteiger partial charge in [0.15, 0.2) is 5.82 Å². The second kappa shape index (κ2) is 5.80. The molecule has 1 aliphatic heterocycles. The average Bonchev–Trinajstić information content (AvgIpc) is 2.38. The van der Waals surface area contributed by atoms with Gasteiger partial charge in [0.05, 0.1) is 6.20 Å². The summed E-state index contributed by atoms with van der Waals surface area (Å²) in [6, 6.07) is 0. The standard InChI is InChI=1S/C12H21N5/c1-10(2)8-13-11-9-14-16-12(15-11)17-6-4-3-5-7-17/h9-10H,3-8H2,1-2H3,(H,13,15,16). The molecule has 0 spiro atoms. The minimum Gasteiger partial charge on any atom is -0.368 e. The number of hydrogen-bond acceptors (Lipinski definition) is 5. The minimum absolute atomic E-state index is 0.600. The van der Waals surface area contributed by atoms with E-state index in [-0.39, 0.29) is 0 Å². The van der Waals surface area contributed by atoms with Crippen LogP contribution >= 0.6 is 0 Å². The van der Waals surface area contributed by atoms with E-state index in [1.54, 1.807) is 6.20 Å². The van der Waals surface area contributed by atoms with Crippen LogP contribution in [0.4, 0.5) is 11.8 Å². The highest BCUT2D eigenvalue weighted by Crippen LogP contribution is 2.15. The van der Waals surface area contributed by atoms with Crippen LogP contribution in [0.15, 0.2) is 6.20 Å². The van der Waals surface area contributed by atoms with Crippen molar-refractivity contribution in [3.05, 3.63) is 6.20 Å². The van der Waals surface area contributed by atoms with Crippen molar-refractivity contribution in [3.63, 3.8) is 0 Å². The van der Waals surface area contributed by atoms with E-state index in [9.17, 15) is 0 Å². The SMILES string of the molecule is CC(C)CNc1cnnc(N2CCCCC2)n1. The van der Waals surface area contributed by atoms with Gasteiger partial charge in [-0.3, -0.25) is 0 Å². The molecule has 1 N–H and O–H groups in total. The summed E-state index contributed by atoms with van der Waals surface area (Å²) >= 11 is 0. The lowest BCUT2D eigenvalue weighted by Gasteiger charge is -2.26. The number of hydrogen-bond donors (Lipinski definition) is 1. The highest BCUT2D eigenvalue weighted by atomic mass is 15.3. The number of rotatable bonds is 4. The number of nitrogens with one attached hydrogen (secondary N) is 1. The van der Waals surface area contributed by atoms with Crippen LogP contribution in [-0.2, 0) is 0 Å². The van der Waals surface area contributed by atoms with Gasteiger partial charge < -0.3 is 10.2 Å². The van der Waals surface area contributed by atoms with Crippen LogP contribution in [0.1, 0.15) is 33.1 Å². The lowest BCUT2D eigenvalue weighted by Crippen LogP contribution is -2.31. The molecule has 0 aliphatic carbocycles. The summed E-state index contributed by atoms with van der Waals surface area (Å²) in [6.45, 7) is 7.36. The summed E-state index contributed by atoms with van der Waals surface area (Å²) in [7, 11) is 0. The molecular formula is C12H21N5. The zero-order valence-electron chi connectivity index (χ0n) is 10.7. The van der Waals surface area contributed by atoms with Crippen LogP contribution in [0, 0.1) is 5.92 Å². The molecule has 94 valence electrons. The minimum atomic E-state index is 0.600. The van der Waals surface area contributed by atoms with Crippen molar-refractivity contribution in [2.45, 2.75) is 33.1 Å². The summed E-state index contributed by atoms with van der Waals surface area (Å²) in [4.78, 5) is 6.73. The van der Waals surface area contributed by atoms with Gasteiger partial charge >= 0.3 is 0 Å². The lowest BCUT2D eigenvalue weighted by molar-refractivity contribution is 0.565. The largest absolute Gasteiger partial charge is 0.368 e. The monoisotopic (exact) mass is 235 g/mol. The number of aromatic nitrogens is 3. The predicted molar refractivity (Wildman–Crippen MR) is 69.2 cm³/mol. The third kappa shape index (κ3) is 3.54. The Morgan fingerprint density at radius 2 is 2.06 bits per heavy atom. The molecule has 1 fully saturated rings. The van der Waals surface area contributed by atoms with Crippen LogP contribution in [0.25, 0.3) is 0 Å². The molecule has 0 radical (unpaired) electrons. The first-order valence-corrected chi connectivity index (χ1v) is 6.44. The second-order valence-corrected chi connectivity index (χ2v) is 4.96. The molecule has 5 heteroatoms. The normalized spacial score (nSPS) is 16.3. The molecule has 0 aromatic carbocycles. The zero-order valence-corrected chi connectivity index (χ0v) is 10.7. The summed E-state index contributed by atoms with van der Waals surface area (Å²) in [5.74, 6) is 2.19. The molecule has 1 aliphatic rings. The van der Waals surface area contributed by atoms with E-state index < -0.39 is 0 Å². The Kier molecular flexibility index (Phi) is 4.12. The third-order valence-corrected chi connectivity index (χ3v) is 2.88. The first kappa shape index (κ1) is 12.1. The first-order chi connectivity index (χ1) is 8.25. The number of nitrogens with zero attached hydrogens (tertiary/aromatic N) is 4. The van der Waals surface area contributed by atoms with E-state index in [1.165, 1.54) is 19.3 Å². The Hall–Kier alpha value is -1.39. The fourth-order valence-corrected chi connectivity index (χ4v) is 1.92. The molecule has 1 saturated heterocycles. The van der Waals surface area contributed by atoms with Crippen LogP contribution in [0.3, 0.4) is 0 Å². The highest BCUT2D eigenvalue weighted by Gasteiger charge is 2.14. The van der Waals surface area contributed by atoms with Crippen molar-refractivity contribution >= 4 is 11.8 Å². The Morgan fingerprint density at radius 3 is 2.76 bits per heavy atom. The molecule has 2 heterocycles. The van der Waals surface area contributed by atoms with Crippen molar-refractivity contribution in [1.82, 2.24) is 15.2 Å². The van der Waals surface area contributed by atoms with Crippen molar-refractivity contribution in [3.8, 4) is 0 Å². The molecule has 0 amide bonds. The molecule has 1 aromatic rings. The van der Waals surface area contributed by atoms with Gasteiger partial charge in [-0.2, -0.15) is 10.1 Å². The second-order valence-electron chi connectivity index (χ2n) is 4.96. The molecule has 2 rings (SSSR count). The van der Waals surface area contributed by atoms with Crippen LogP contribution in [0.2, 0.25) is 0 Å². The quantitative estimate of drug-likeness (QED) is 0.864. The Balaban J connectivity index is 2.00. The lowest BCUT2D eigenvalue weighted by atomic mass is 10.1. The summed E-state index contributed by atoms with van der Waals surface area (Å²) < 4.78 is 0. The fraction of sp³-hybridized carbons (Fsp3) is 0.750. The van der Waals surface area contributed by atoms with E-state index in [1.807, 2.05) is 0 Å². The fourth-order valence-electron chi connectivity index (χ4n) is 1.92. The zero-order chi connectivity index (χ0) is 12.1. The van der Waals surface area contributed by atoms with Gasteiger partial charge in [-0.1, -0.05) is 13.8 Å². The molecular weight excluding hydrogens is 214 g/mol. The van der Waals surface area contributed by atoms with Crippen molar-refractivity contribution in [2.24, 2.45) is 5.92 Å². The van der Waals surface area contributed by atoms with E-state index >= 15 is 0 Å². The Morgan fingerprint density at radius 1 is 1.29 bits per heavy atom. The third-order valence-electron chi connectivity index (χ3n) is 2.88. The number of piperidine rings is 1. The predicted octanol–water partition coefficient (Wildman–Crippen LogP) is 1.93. The van der Waals surface area contributed by atoms with Crippen molar-refractivity contribution in [2.75, 3.05) is 29.9 Å². The summed E-state index contributed by atoms with van der Waals surface area (Å²) in [5, 5.41) is 11.4. The smallest absolute Gasteiger partial charge is 0.247 e. The van der Waals surface area contributed by atoms with Gasteiger partial charge in [-0.25, -0.2) is 0 Å². The molecule has 0 saturated carbocycles. The molecule has 0 unspecified atom stereocenters. The average molecular weight is 235 g/mol. The maximum absolute atomic E-state index is 4.51. The molecule has 0 atom stereocenters. The van der Waals surface area contributed by atoms with Gasteiger partial charge in [0.1, 0.15) is 0 Å². The van der Waals surface area contributed by atoms with Crippen LogP contribution in [-0.4, -0.2) is 34.8 Å². The van der Waals surface area contributed by atoms with Gasteiger partial charge in [0.2, 0.25) is 5.95 Å². The highest BCUT2D eigenvalue weighted by molar-refractivity contribution is 5.39. The maximum atomic E-state index is 4.51. The van der Waals surface area contributed by atoms with E-state index in [0.717, 1.165) is 31.4 Å². The van der Waals surface area contributed by atoms with Gasteiger partial charge in [-0.05, 0) is 25.2 Å². The van der Waals surface area contributed by atoms with Gasteiger partial charge in [-0.15, -0.1) is 5.10 Å². The summed E-state index contributed by atoms with van der Waals surface area (Å²) in [6.07, 6.45) is 5.46. The van der Waals surface area contributed by atoms with E-state index in [0.29, 0.717) is 5.92 Å². The number of anilines is 2.